The van der Waals surface area contributed by atoms with E-state index in [9.17, 15) is 20.0 Å². The van der Waals surface area contributed by atoms with Gasteiger partial charge in [0, 0.05) is 31.4 Å². The van der Waals surface area contributed by atoms with Crippen LogP contribution >= 0.6 is 0 Å². The predicted molar refractivity (Wildman–Crippen MR) is 110 cm³/mol. The second kappa shape index (κ2) is 7.72. The van der Waals surface area contributed by atoms with E-state index in [4.69, 9.17) is 0 Å². The van der Waals surface area contributed by atoms with E-state index in [0.717, 1.165) is 11.1 Å². The molecule has 0 saturated carbocycles. The Balaban J connectivity index is 1.45. The van der Waals surface area contributed by atoms with Crippen LogP contribution in [0.3, 0.4) is 0 Å². The van der Waals surface area contributed by atoms with Crippen molar-refractivity contribution in [3.8, 4) is 5.69 Å². The van der Waals surface area contributed by atoms with Crippen LogP contribution < -0.4 is 0 Å². The molecule has 1 N–H and O–H groups in total. The van der Waals surface area contributed by atoms with Crippen LogP contribution in [0.2, 0.25) is 0 Å². The van der Waals surface area contributed by atoms with Crippen molar-refractivity contribution >= 4 is 11.6 Å². The number of nitrogens with zero attached hydrogens (tertiary/aromatic N) is 4. The molecule has 0 spiro atoms. The summed E-state index contributed by atoms with van der Waals surface area (Å²) in [5, 5.41) is 26.2. The van der Waals surface area contributed by atoms with Crippen molar-refractivity contribution < 1.29 is 14.8 Å². The molecule has 0 atom stereocenters. The second-order valence-electron chi connectivity index (χ2n) is 7.56. The van der Waals surface area contributed by atoms with Crippen LogP contribution in [0.4, 0.5) is 5.69 Å². The zero-order valence-electron chi connectivity index (χ0n) is 16.6. The summed E-state index contributed by atoms with van der Waals surface area (Å²) in [4.78, 5) is 24.9. The first-order valence-corrected chi connectivity index (χ1v) is 9.76. The van der Waals surface area contributed by atoms with Gasteiger partial charge in [-0.05, 0) is 49.1 Å². The number of non-ortho nitro benzene ring substituents is 1. The van der Waals surface area contributed by atoms with E-state index in [0.29, 0.717) is 37.3 Å². The maximum Gasteiger partial charge on any atom is 0.274 e. The molecular formula is C22H22N4O4. The first kappa shape index (κ1) is 19.8. The summed E-state index contributed by atoms with van der Waals surface area (Å²) in [5.74, 6) is -0.192. The molecule has 1 fully saturated rings. The van der Waals surface area contributed by atoms with E-state index in [1.54, 1.807) is 29.3 Å². The quantitative estimate of drug-likeness (QED) is 0.530. The minimum absolute atomic E-state index is 0.00309. The maximum absolute atomic E-state index is 12.9. The predicted octanol–water partition coefficient (Wildman–Crippen LogP) is 3.21. The highest BCUT2D eigenvalue weighted by Gasteiger charge is 2.36. The third-order valence-corrected chi connectivity index (χ3v) is 5.66. The van der Waals surface area contributed by atoms with Gasteiger partial charge in [-0.2, -0.15) is 5.10 Å². The number of nitro groups is 1. The lowest BCUT2D eigenvalue weighted by Crippen LogP contribution is -2.45. The monoisotopic (exact) mass is 406 g/mol. The summed E-state index contributed by atoms with van der Waals surface area (Å²) < 4.78 is 1.52. The van der Waals surface area contributed by atoms with E-state index in [2.05, 4.69) is 5.10 Å². The average molecular weight is 406 g/mol. The highest BCUT2D eigenvalue weighted by molar-refractivity contribution is 5.92. The Labute approximate surface area is 173 Å². The fraction of sp³-hybridized carbons (Fsp3) is 0.273. The van der Waals surface area contributed by atoms with Gasteiger partial charge in [0.1, 0.15) is 0 Å². The van der Waals surface area contributed by atoms with Gasteiger partial charge < -0.3 is 10.0 Å². The van der Waals surface area contributed by atoms with Crippen LogP contribution in [0, 0.1) is 17.0 Å². The van der Waals surface area contributed by atoms with Gasteiger partial charge in [0.2, 0.25) is 0 Å². The Morgan fingerprint density at radius 1 is 1.10 bits per heavy atom. The maximum atomic E-state index is 12.9. The van der Waals surface area contributed by atoms with Gasteiger partial charge in [0.25, 0.3) is 11.6 Å². The van der Waals surface area contributed by atoms with Crippen molar-refractivity contribution in [1.29, 1.82) is 0 Å². The highest BCUT2D eigenvalue weighted by Crippen LogP contribution is 2.34. The summed E-state index contributed by atoms with van der Waals surface area (Å²) in [5.41, 5.74) is 1.96. The number of aromatic nitrogens is 2. The van der Waals surface area contributed by atoms with Crippen molar-refractivity contribution in [3.63, 3.8) is 0 Å². The molecule has 3 aromatic rings. The van der Waals surface area contributed by atoms with Crippen molar-refractivity contribution in [3.05, 3.63) is 87.7 Å². The van der Waals surface area contributed by atoms with E-state index < -0.39 is 10.5 Å². The number of likely N-dealkylation sites (tertiary alicyclic amines) is 1. The zero-order valence-corrected chi connectivity index (χ0v) is 16.6. The summed E-state index contributed by atoms with van der Waals surface area (Å²) >= 11 is 0. The van der Waals surface area contributed by atoms with E-state index >= 15 is 0 Å². The summed E-state index contributed by atoms with van der Waals surface area (Å²) in [7, 11) is 0. The molecule has 1 amide bonds. The van der Waals surface area contributed by atoms with Crippen LogP contribution in [0.5, 0.6) is 0 Å². The van der Waals surface area contributed by atoms with E-state index in [1.807, 2.05) is 31.2 Å². The van der Waals surface area contributed by atoms with Gasteiger partial charge in [0.15, 0.2) is 5.69 Å². The number of aliphatic hydroxyl groups is 1. The second-order valence-corrected chi connectivity index (χ2v) is 7.56. The average Bonchev–Trinajstić information content (AvgIpc) is 3.24. The molecule has 1 saturated heterocycles. The van der Waals surface area contributed by atoms with Gasteiger partial charge in [-0.1, -0.05) is 24.3 Å². The van der Waals surface area contributed by atoms with Crippen LogP contribution in [0.1, 0.15) is 34.5 Å². The number of amides is 1. The smallest absolute Gasteiger partial charge is 0.274 e. The number of hydrogen-bond acceptors (Lipinski definition) is 5. The zero-order chi connectivity index (χ0) is 21.3. The lowest BCUT2D eigenvalue weighted by atomic mass is 9.82. The first-order chi connectivity index (χ1) is 14.4. The Kier molecular flexibility index (Phi) is 5.09. The minimum Gasteiger partial charge on any atom is -0.385 e. The molecule has 0 unspecified atom stereocenters. The Bertz CT molecular complexity index is 1080. The Morgan fingerprint density at radius 2 is 1.77 bits per heavy atom. The number of benzene rings is 2. The lowest BCUT2D eigenvalue weighted by molar-refractivity contribution is -0.384. The van der Waals surface area contributed by atoms with Gasteiger partial charge in [0.05, 0.1) is 16.2 Å². The summed E-state index contributed by atoms with van der Waals surface area (Å²) in [6.07, 6.45) is 2.58. The van der Waals surface area contributed by atoms with Gasteiger partial charge in [-0.25, -0.2) is 4.68 Å². The molecule has 0 radical (unpaired) electrons. The Hall–Kier alpha value is -3.52. The molecular weight excluding hydrogens is 384 g/mol. The van der Waals surface area contributed by atoms with Crippen LogP contribution in [-0.4, -0.2) is 43.7 Å². The lowest BCUT2D eigenvalue weighted by Gasteiger charge is -2.39. The van der Waals surface area contributed by atoms with Crippen molar-refractivity contribution in [2.75, 3.05) is 13.1 Å². The molecule has 1 aliphatic heterocycles. The number of nitro benzene ring substituents is 1. The van der Waals surface area contributed by atoms with Gasteiger partial charge in [-0.3, -0.25) is 14.9 Å². The molecule has 8 nitrogen and oxygen atoms in total. The topological polar surface area (TPSA) is 102 Å². The number of piperidine rings is 1. The minimum atomic E-state index is -0.930. The first-order valence-electron chi connectivity index (χ1n) is 9.76. The fourth-order valence-corrected chi connectivity index (χ4v) is 3.91. The molecule has 1 aromatic heterocycles. The Morgan fingerprint density at radius 3 is 2.40 bits per heavy atom. The molecule has 0 bridgehead atoms. The molecule has 2 heterocycles. The summed E-state index contributed by atoms with van der Waals surface area (Å²) in [6.45, 7) is 2.86. The van der Waals surface area contributed by atoms with Crippen LogP contribution in [-0.2, 0) is 5.60 Å². The SMILES string of the molecule is Cc1ccccc1C1(O)CCN(C(=O)c2ccn(-c3ccc([N+](=O)[O-])cc3)n2)CC1. The van der Waals surface area contributed by atoms with Crippen LogP contribution in [0.25, 0.3) is 5.69 Å². The van der Waals surface area contributed by atoms with Crippen molar-refractivity contribution in [1.82, 2.24) is 14.7 Å². The third kappa shape index (κ3) is 3.69. The molecule has 154 valence electrons. The fourth-order valence-electron chi connectivity index (χ4n) is 3.91. The molecule has 30 heavy (non-hydrogen) atoms. The number of carbonyl (C=O) groups excluding carboxylic acids is 1. The summed E-state index contributed by atoms with van der Waals surface area (Å²) in [6, 6.07) is 15.4. The molecule has 8 heteroatoms. The van der Waals surface area contributed by atoms with Crippen LogP contribution in [0.15, 0.2) is 60.8 Å². The number of aryl methyl sites for hydroxylation is 1. The van der Waals surface area contributed by atoms with Gasteiger partial charge >= 0.3 is 0 Å². The van der Waals surface area contributed by atoms with E-state index in [-0.39, 0.29) is 11.6 Å². The number of carbonyl (C=O) groups is 1. The molecule has 4 rings (SSSR count). The molecule has 2 aromatic carbocycles. The molecule has 0 aliphatic carbocycles. The number of hydrogen-bond donors (Lipinski definition) is 1. The highest BCUT2D eigenvalue weighted by atomic mass is 16.6. The third-order valence-electron chi connectivity index (χ3n) is 5.66. The van der Waals surface area contributed by atoms with Crippen molar-refractivity contribution in [2.24, 2.45) is 0 Å². The standard InChI is InChI=1S/C22H22N4O4/c1-16-4-2-3-5-19(16)22(28)11-14-24(15-12-22)21(27)20-10-13-25(23-20)17-6-8-18(9-7-17)26(29)30/h2-10,13,28H,11-12,14-15H2,1H3. The van der Waals surface area contributed by atoms with Crippen molar-refractivity contribution in [2.45, 2.75) is 25.4 Å². The molecule has 1 aliphatic rings. The largest absolute Gasteiger partial charge is 0.385 e. The van der Waals surface area contributed by atoms with E-state index in [1.165, 1.54) is 16.8 Å². The normalized spacial score (nSPS) is 15.7. The number of rotatable bonds is 4. The van der Waals surface area contributed by atoms with Gasteiger partial charge in [-0.15, -0.1) is 0 Å².